The van der Waals surface area contributed by atoms with Crippen LogP contribution < -0.4 is 14.9 Å². The van der Waals surface area contributed by atoms with Crippen molar-refractivity contribution in [1.29, 1.82) is 0 Å². The monoisotopic (exact) mass is 362 g/mol. The number of nitrogens with zero attached hydrogens (tertiary/aromatic N) is 1. The molecule has 0 radical (unpaired) electrons. The molecule has 22 heavy (non-hydrogen) atoms. The second kappa shape index (κ2) is 8.19. The lowest BCUT2D eigenvalue weighted by atomic mass is 10.2. The van der Waals surface area contributed by atoms with Crippen molar-refractivity contribution in [2.45, 2.75) is 0 Å². The van der Waals surface area contributed by atoms with Crippen molar-refractivity contribution < 1.29 is 14.3 Å². The summed E-state index contributed by atoms with van der Waals surface area (Å²) in [5.41, 5.74) is 3.24. The van der Waals surface area contributed by atoms with Gasteiger partial charge in [-0.05, 0) is 51.8 Å². The second-order valence-corrected chi connectivity index (χ2v) is 5.14. The van der Waals surface area contributed by atoms with Crippen LogP contribution in [0.3, 0.4) is 0 Å². The summed E-state index contributed by atoms with van der Waals surface area (Å²) in [5, 5.41) is 3.88. The molecule has 0 aromatic heterocycles. The highest BCUT2D eigenvalue weighted by atomic mass is 79.9. The Morgan fingerprint density at radius 2 is 2.05 bits per heavy atom. The van der Waals surface area contributed by atoms with E-state index >= 15 is 0 Å². The summed E-state index contributed by atoms with van der Waals surface area (Å²) in [6.45, 7) is -0.0896. The van der Waals surface area contributed by atoms with Crippen LogP contribution in [0.25, 0.3) is 0 Å². The minimum Gasteiger partial charge on any atom is -0.496 e. The molecule has 0 heterocycles. The summed E-state index contributed by atoms with van der Waals surface area (Å²) >= 11 is 3.38. The maximum atomic E-state index is 11.6. The van der Waals surface area contributed by atoms with Gasteiger partial charge < -0.3 is 9.47 Å². The Morgan fingerprint density at radius 3 is 2.73 bits per heavy atom. The molecule has 1 N–H and O–H groups in total. The quantitative estimate of drug-likeness (QED) is 0.634. The topological polar surface area (TPSA) is 59.9 Å². The average Bonchev–Trinajstić information content (AvgIpc) is 2.54. The van der Waals surface area contributed by atoms with Crippen LogP contribution in [-0.4, -0.2) is 25.8 Å². The highest BCUT2D eigenvalue weighted by Gasteiger charge is 2.02. The van der Waals surface area contributed by atoms with E-state index in [-0.39, 0.29) is 12.5 Å². The van der Waals surface area contributed by atoms with Gasteiger partial charge in [-0.25, -0.2) is 5.43 Å². The van der Waals surface area contributed by atoms with Gasteiger partial charge in [-0.2, -0.15) is 5.10 Å². The number of nitrogens with one attached hydrogen (secondary N) is 1. The fraction of sp³-hybridized carbons (Fsp3) is 0.125. The summed E-state index contributed by atoms with van der Waals surface area (Å²) < 4.78 is 11.3. The van der Waals surface area contributed by atoms with Gasteiger partial charge >= 0.3 is 0 Å². The zero-order valence-corrected chi connectivity index (χ0v) is 13.5. The number of hydrogen-bond acceptors (Lipinski definition) is 4. The Balaban J connectivity index is 1.81. The first-order valence-electron chi connectivity index (χ1n) is 6.52. The van der Waals surface area contributed by atoms with Crippen molar-refractivity contribution in [3.63, 3.8) is 0 Å². The molecule has 0 aliphatic carbocycles. The van der Waals surface area contributed by atoms with Crippen LogP contribution in [0.4, 0.5) is 0 Å². The molecule has 1 amide bonds. The van der Waals surface area contributed by atoms with Crippen LogP contribution >= 0.6 is 15.9 Å². The molecule has 0 fully saturated rings. The van der Waals surface area contributed by atoms with Gasteiger partial charge in [0.1, 0.15) is 11.5 Å². The fourth-order valence-corrected chi connectivity index (χ4v) is 2.20. The number of para-hydroxylation sites is 1. The van der Waals surface area contributed by atoms with Crippen LogP contribution in [-0.2, 0) is 4.79 Å². The Morgan fingerprint density at radius 1 is 1.27 bits per heavy atom. The van der Waals surface area contributed by atoms with E-state index in [0.717, 1.165) is 15.8 Å². The third-order valence-electron chi connectivity index (χ3n) is 2.69. The number of hydrogen-bond donors (Lipinski definition) is 1. The maximum Gasteiger partial charge on any atom is 0.277 e. The van der Waals surface area contributed by atoms with Gasteiger partial charge in [-0.15, -0.1) is 0 Å². The predicted molar refractivity (Wildman–Crippen MR) is 88.4 cm³/mol. The van der Waals surface area contributed by atoms with Crippen molar-refractivity contribution in [3.8, 4) is 11.5 Å². The smallest absolute Gasteiger partial charge is 0.277 e. The van der Waals surface area contributed by atoms with Crippen molar-refractivity contribution in [3.05, 3.63) is 58.6 Å². The number of carbonyl (C=O) groups excluding carboxylic acids is 1. The molecule has 0 aliphatic rings. The average molecular weight is 363 g/mol. The molecule has 0 aliphatic heterocycles. The first kappa shape index (κ1) is 16.0. The van der Waals surface area contributed by atoms with Gasteiger partial charge in [0.2, 0.25) is 0 Å². The second-order valence-electron chi connectivity index (χ2n) is 4.29. The molecule has 0 saturated carbocycles. The normalized spacial score (nSPS) is 10.5. The Bertz CT molecular complexity index is 660. The summed E-state index contributed by atoms with van der Waals surface area (Å²) in [6, 6.07) is 14.6. The number of benzene rings is 2. The standard InChI is InChI=1S/C16H15BrN2O3/c1-21-15-8-7-12(9-14(15)17)10-18-19-16(20)11-22-13-5-3-2-4-6-13/h2-10H,11H2,1H3,(H,19,20)/b18-10-. The lowest BCUT2D eigenvalue weighted by Gasteiger charge is -2.04. The van der Waals surface area contributed by atoms with E-state index in [1.54, 1.807) is 25.5 Å². The van der Waals surface area contributed by atoms with Gasteiger partial charge in [0, 0.05) is 0 Å². The Kier molecular flexibility index (Phi) is 5.97. The van der Waals surface area contributed by atoms with Crippen LogP contribution in [0, 0.1) is 0 Å². The summed E-state index contributed by atoms with van der Waals surface area (Å²) in [5.74, 6) is 1.05. The molecule has 6 heteroatoms. The first-order valence-corrected chi connectivity index (χ1v) is 7.31. The van der Waals surface area contributed by atoms with Crippen LogP contribution in [0.5, 0.6) is 11.5 Å². The van der Waals surface area contributed by atoms with E-state index in [0.29, 0.717) is 5.75 Å². The Labute approximate surface area is 137 Å². The molecule has 0 spiro atoms. The molecule has 0 saturated heterocycles. The third kappa shape index (κ3) is 4.89. The Hall–Kier alpha value is -2.34. The van der Waals surface area contributed by atoms with Gasteiger partial charge in [0.15, 0.2) is 6.61 Å². The molecule has 2 aromatic rings. The lowest BCUT2D eigenvalue weighted by Crippen LogP contribution is -2.24. The molecular formula is C16H15BrN2O3. The highest BCUT2D eigenvalue weighted by molar-refractivity contribution is 9.10. The fourth-order valence-electron chi connectivity index (χ4n) is 1.64. The molecular weight excluding hydrogens is 348 g/mol. The van der Waals surface area contributed by atoms with Gasteiger partial charge in [-0.3, -0.25) is 4.79 Å². The van der Waals surface area contributed by atoms with Crippen LogP contribution in [0.15, 0.2) is 58.1 Å². The van der Waals surface area contributed by atoms with E-state index in [4.69, 9.17) is 9.47 Å². The molecule has 0 unspecified atom stereocenters. The van der Waals surface area contributed by atoms with E-state index in [1.165, 1.54) is 0 Å². The maximum absolute atomic E-state index is 11.6. The molecule has 2 rings (SSSR count). The summed E-state index contributed by atoms with van der Waals surface area (Å²) in [6.07, 6.45) is 1.55. The van der Waals surface area contributed by atoms with Crippen molar-refractivity contribution in [1.82, 2.24) is 5.43 Å². The molecule has 5 nitrogen and oxygen atoms in total. The zero-order chi connectivity index (χ0) is 15.8. The lowest BCUT2D eigenvalue weighted by molar-refractivity contribution is -0.123. The van der Waals surface area contributed by atoms with Crippen LogP contribution in [0.1, 0.15) is 5.56 Å². The zero-order valence-electron chi connectivity index (χ0n) is 12.0. The van der Waals surface area contributed by atoms with Gasteiger partial charge in [-0.1, -0.05) is 18.2 Å². The number of carbonyl (C=O) groups is 1. The predicted octanol–water partition coefficient (Wildman–Crippen LogP) is 2.99. The van der Waals surface area contributed by atoms with Gasteiger partial charge in [0.05, 0.1) is 17.8 Å². The SMILES string of the molecule is COc1ccc(/C=N\NC(=O)COc2ccccc2)cc1Br. The van der Waals surface area contributed by atoms with E-state index < -0.39 is 0 Å². The first-order chi connectivity index (χ1) is 10.7. The van der Waals surface area contributed by atoms with E-state index in [2.05, 4.69) is 26.5 Å². The number of methoxy groups -OCH3 is 1. The molecule has 114 valence electrons. The number of hydrazone groups is 1. The molecule has 0 bridgehead atoms. The number of amides is 1. The van der Waals surface area contributed by atoms with Crippen LogP contribution in [0.2, 0.25) is 0 Å². The number of halogens is 1. The summed E-state index contributed by atoms with van der Waals surface area (Å²) in [7, 11) is 1.60. The molecule has 0 atom stereocenters. The third-order valence-corrected chi connectivity index (χ3v) is 3.31. The van der Waals surface area contributed by atoms with Crippen molar-refractivity contribution in [2.75, 3.05) is 13.7 Å². The van der Waals surface area contributed by atoms with Crippen molar-refractivity contribution >= 4 is 28.1 Å². The van der Waals surface area contributed by atoms with E-state index in [9.17, 15) is 4.79 Å². The summed E-state index contributed by atoms with van der Waals surface area (Å²) in [4.78, 5) is 11.6. The largest absolute Gasteiger partial charge is 0.496 e. The number of ether oxygens (including phenoxy) is 2. The van der Waals surface area contributed by atoms with Crippen molar-refractivity contribution in [2.24, 2.45) is 5.10 Å². The minimum atomic E-state index is -0.326. The highest BCUT2D eigenvalue weighted by Crippen LogP contribution is 2.24. The molecule has 2 aromatic carbocycles. The number of rotatable bonds is 6. The van der Waals surface area contributed by atoms with E-state index in [1.807, 2.05) is 36.4 Å². The minimum absolute atomic E-state index is 0.0896. The van der Waals surface area contributed by atoms with Gasteiger partial charge in [0.25, 0.3) is 5.91 Å².